The van der Waals surface area contributed by atoms with E-state index in [1.807, 2.05) is 0 Å². The van der Waals surface area contributed by atoms with Crippen LogP contribution in [0, 0.1) is 5.92 Å². The van der Waals surface area contributed by atoms with Crippen LogP contribution in [0.2, 0.25) is 0 Å². The molecule has 26 heavy (non-hydrogen) atoms. The molecular formula is C17H20ClF3N4O. The van der Waals surface area contributed by atoms with Crippen molar-refractivity contribution in [1.82, 2.24) is 20.4 Å². The SMILES string of the molecule is Cl.O=C(NCC1CCCNC1)c1cccc(-n2ccc(C(F)(F)F)n2)c1. The Bertz CT molecular complexity index is 742. The van der Waals surface area contributed by atoms with E-state index >= 15 is 0 Å². The first-order valence-corrected chi connectivity index (χ1v) is 8.16. The van der Waals surface area contributed by atoms with E-state index in [0.29, 0.717) is 23.7 Å². The van der Waals surface area contributed by atoms with Crippen molar-refractivity contribution in [3.8, 4) is 5.69 Å². The first-order chi connectivity index (χ1) is 11.9. The molecule has 1 aromatic heterocycles. The van der Waals surface area contributed by atoms with Crippen molar-refractivity contribution < 1.29 is 18.0 Å². The molecule has 1 aliphatic heterocycles. The summed E-state index contributed by atoms with van der Waals surface area (Å²) in [5.41, 5.74) is -0.167. The number of hydrogen-bond donors (Lipinski definition) is 2. The van der Waals surface area contributed by atoms with Crippen LogP contribution in [0.3, 0.4) is 0 Å². The fourth-order valence-electron chi connectivity index (χ4n) is 2.85. The maximum absolute atomic E-state index is 12.7. The third-order valence-electron chi connectivity index (χ3n) is 4.20. The third kappa shape index (κ3) is 4.98. The van der Waals surface area contributed by atoms with Gasteiger partial charge in [-0.1, -0.05) is 6.07 Å². The average molecular weight is 389 g/mol. The lowest BCUT2D eigenvalue weighted by Gasteiger charge is -2.22. The van der Waals surface area contributed by atoms with Gasteiger partial charge in [0, 0.05) is 18.3 Å². The van der Waals surface area contributed by atoms with E-state index < -0.39 is 11.9 Å². The van der Waals surface area contributed by atoms with Crippen LogP contribution in [-0.4, -0.2) is 35.3 Å². The number of piperidine rings is 1. The maximum Gasteiger partial charge on any atom is 0.435 e. The van der Waals surface area contributed by atoms with E-state index in [2.05, 4.69) is 15.7 Å². The lowest BCUT2D eigenvalue weighted by Crippen LogP contribution is -2.38. The van der Waals surface area contributed by atoms with Crippen molar-refractivity contribution in [3.05, 3.63) is 47.8 Å². The van der Waals surface area contributed by atoms with Gasteiger partial charge in [0.05, 0.1) is 5.69 Å². The number of aromatic nitrogens is 2. The van der Waals surface area contributed by atoms with Gasteiger partial charge in [0.2, 0.25) is 0 Å². The summed E-state index contributed by atoms with van der Waals surface area (Å²) in [4.78, 5) is 12.3. The molecule has 1 saturated heterocycles. The summed E-state index contributed by atoms with van der Waals surface area (Å²) >= 11 is 0. The van der Waals surface area contributed by atoms with Crippen LogP contribution in [0.25, 0.3) is 5.69 Å². The summed E-state index contributed by atoms with van der Waals surface area (Å²) < 4.78 is 39.1. The minimum absolute atomic E-state index is 0. The monoisotopic (exact) mass is 388 g/mol. The first-order valence-electron chi connectivity index (χ1n) is 8.16. The van der Waals surface area contributed by atoms with Crippen molar-refractivity contribution in [3.63, 3.8) is 0 Å². The second-order valence-corrected chi connectivity index (χ2v) is 6.12. The lowest BCUT2D eigenvalue weighted by molar-refractivity contribution is -0.141. The summed E-state index contributed by atoms with van der Waals surface area (Å²) in [6, 6.07) is 7.30. The summed E-state index contributed by atoms with van der Waals surface area (Å²) in [6.07, 6.45) is -1.10. The highest BCUT2D eigenvalue weighted by Gasteiger charge is 2.33. The fourth-order valence-corrected chi connectivity index (χ4v) is 2.85. The molecule has 0 aliphatic carbocycles. The van der Waals surface area contributed by atoms with Crippen LogP contribution in [-0.2, 0) is 6.18 Å². The van der Waals surface area contributed by atoms with Crippen LogP contribution in [0.15, 0.2) is 36.5 Å². The highest BCUT2D eigenvalue weighted by atomic mass is 35.5. The average Bonchev–Trinajstić information content (AvgIpc) is 3.11. The smallest absolute Gasteiger partial charge is 0.352 e. The number of nitrogens with one attached hydrogen (secondary N) is 2. The quantitative estimate of drug-likeness (QED) is 0.846. The molecule has 1 amide bonds. The number of alkyl halides is 3. The van der Waals surface area contributed by atoms with Crippen LogP contribution in [0.5, 0.6) is 0 Å². The minimum Gasteiger partial charge on any atom is -0.352 e. The maximum atomic E-state index is 12.7. The number of rotatable bonds is 4. The number of carbonyl (C=O) groups excluding carboxylic acids is 1. The molecule has 1 aromatic carbocycles. The number of nitrogens with zero attached hydrogens (tertiary/aromatic N) is 2. The predicted molar refractivity (Wildman–Crippen MR) is 93.7 cm³/mol. The van der Waals surface area contributed by atoms with Gasteiger partial charge in [-0.25, -0.2) is 4.68 Å². The van der Waals surface area contributed by atoms with Crippen molar-refractivity contribution >= 4 is 18.3 Å². The van der Waals surface area contributed by atoms with Crippen molar-refractivity contribution in [2.75, 3.05) is 19.6 Å². The molecule has 2 heterocycles. The summed E-state index contributed by atoms with van der Waals surface area (Å²) in [5.74, 6) is 0.164. The zero-order valence-electron chi connectivity index (χ0n) is 13.9. The molecule has 0 saturated carbocycles. The van der Waals surface area contributed by atoms with Gasteiger partial charge >= 0.3 is 6.18 Å². The van der Waals surface area contributed by atoms with Crippen LogP contribution < -0.4 is 10.6 Å². The molecule has 2 aromatic rings. The zero-order chi connectivity index (χ0) is 17.9. The standard InChI is InChI=1S/C17H19F3N4O.ClH/c18-17(19,20)15-6-8-24(23-15)14-5-1-4-13(9-14)16(25)22-11-12-3-2-7-21-10-12;/h1,4-6,8-9,12,21H,2-3,7,10-11H2,(H,22,25);1H. The van der Waals surface area contributed by atoms with E-state index in [1.165, 1.54) is 12.3 Å². The molecule has 1 aliphatic rings. The van der Waals surface area contributed by atoms with Gasteiger partial charge in [0.25, 0.3) is 5.91 Å². The normalized spacial score (nSPS) is 17.4. The zero-order valence-corrected chi connectivity index (χ0v) is 14.7. The Morgan fingerprint density at radius 1 is 1.35 bits per heavy atom. The molecule has 0 spiro atoms. The van der Waals surface area contributed by atoms with Gasteiger partial charge in [-0.2, -0.15) is 18.3 Å². The number of benzene rings is 1. The Morgan fingerprint density at radius 3 is 2.81 bits per heavy atom. The van der Waals surface area contributed by atoms with Gasteiger partial charge in [-0.05, 0) is 56.1 Å². The summed E-state index contributed by atoms with van der Waals surface area (Å²) in [5, 5.41) is 9.70. The Labute approximate surface area is 155 Å². The Balaban J connectivity index is 0.00000243. The van der Waals surface area contributed by atoms with Gasteiger partial charge in [0.1, 0.15) is 0 Å². The van der Waals surface area contributed by atoms with Crippen LogP contribution >= 0.6 is 12.4 Å². The van der Waals surface area contributed by atoms with Gasteiger partial charge < -0.3 is 10.6 Å². The van der Waals surface area contributed by atoms with E-state index in [0.717, 1.165) is 36.7 Å². The second kappa shape index (κ2) is 8.55. The van der Waals surface area contributed by atoms with Crippen molar-refractivity contribution in [1.29, 1.82) is 0 Å². The van der Waals surface area contributed by atoms with Gasteiger partial charge in [0.15, 0.2) is 5.69 Å². The Morgan fingerprint density at radius 2 is 2.15 bits per heavy atom. The predicted octanol–water partition coefficient (Wildman–Crippen LogP) is 3.04. The molecule has 1 unspecified atom stereocenters. The van der Waals surface area contributed by atoms with Crippen molar-refractivity contribution in [2.24, 2.45) is 5.92 Å². The third-order valence-corrected chi connectivity index (χ3v) is 4.20. The van der Waals surface area contributed by atoms with Crippen molar-refractivity contribution in [2.45, 2.75) is 19.0 Å². The molecule has 5 nitrogen and oxygen atoms in total. The highest BCUT2D eigenvalue weighted by Crippen LogP contribution is 2.27. The lowest BCUT2D eigenvalue weighted by atomic mass is 9.99. The Hall–Kier alpha value is -2.06. The van der Waals surface area contributed by atoms with E-state index in [1.54, 1.807) is 18.2 Å². The topological polar surface area (TPSA) is 59.0 Å². The number of hydrogen-bond acceptors (Lipinski definition) is 3. The van der Waals surface area contributed by atoms with Crippen LogP contribution in [0.1, 0.15) is 28.9 Å². The molecule has 1 atom stereocenters. The summed E-state index contributed by atoms with van der Waals surface area (Å²) in [7, 11) is 0. The largest absolute Gasteiger partial charge is 0.435 e. The van der Waals surface area contributed by atoms with Gasteiger partial charge in [-0.15, -0.1) is 12.4 Å². The molecular weight excluding hydrogens is 369 g/mol. The molecule has 2 N–H and O–H groups in total. The molecule has 142 valence electrons. The van der Waals surface area contributed by atoms with Crippen LogP contribution in [0.4, 0.5) is 13.2 Å². The highest BCUT2D eigenvalue weighted by molar-refractivity contribution is 5.94. The minimum atomic E-state index is -4.49. The number of amides is 1. The number of halogens is 4. The number of carbonyl (C=O) groups is 1. The molecule has 0 bridgehead atoms. The summed E-state index contributed by atoms with van der Waals surface area (Å²) in [6.45, 7) is 2.47. The van der Waals surface area contributed by atoms with Gasteiger partial charge in [-0.3, -0.25) is 4.79 Å². The second-order valence-electron chi connectivity index (χ2n) is 6.12. The van der Waals surface area contributed by atoms with E-state index in [-0.39, 0.29) is 18.3 Å². The molecule has 3 rings (SSSR count). The van der Waals surface area contributed by atoms with E-state index in [9.17, 15) is 18.0 Å². The Kier molecular flexibility index (Phi) is 6.66. The first kappa shape index (κ1) is 20.3. The molecule has 9 heteroatoms. The molecule has 0 radical (unpaired) electrons. The fraction of sp³-hybridized carbons (Fsp3) is 0.412. The molecule has 1 fully saturated rings. The van der Waals surface area contributed by atoms with E-state index in [4.69, 9.17) is 0 Å².